The van der Waals surface area contributed by atoms with Crippen molar-refractivity contribution in [2.75, 3.05) is 7.11 Å². The van der Waals surface area contributed by atoms with E-state index in [4.69, 9.17) is 18.9 Å². The molecule has 0 aliphatic carbocycles. The van der Waals surface area contributed by atoms with Crippen molar-refractivity contribution in [1.29, 1.82) is 0 Å². The summed E-state index contributed by atoms with van der Waals surface area (Å²) in [6, 6.07) is 0. The fourth-order valence-electron chi connectivity index (χ4n) is 4.00. The van der Waals surface area contributed by atoms with Gasteiger partial charge in [0.1, 0.15) is 0 Å². The highest BCUT2D eigenvalue weighted by Gasteiger charge is 2.54. The Morgan fingerprint density at radius 3 is 1.21 bits per heavy atom. The number of esters is 4. The highest BCUT2D eigenvalue weighted by atomic mass is 16.9. The highest BCUT2D eigenvalue weighted by Crippen LogP contribution is 2.32. The minimum Gasteiger partial charge on any atom is -0.468 e. The van der Waals surface area contributed by atoms with Crippen molar-refractivity contribution in [3.63, 3.8) is 0 Å². The summed E-state index contributed by atoms with van der Waals surface area (Å²) in [6.07, 6.45) is 16.7. The number of ether oxygens (including phenoxy) is 4. The van der Waals surface area contributed by atoms with Crippen LogP contribution in [0.3, 0.4) is 0 Å². The molecule has 8 heteroatoms. The van der Waals surface area contributed by atoms with Crippen molar-refractivity contribution >= 4 is 23.9 Å². The van der Waals surface area contributed by atoms with Crippen molar-refractivity contribution in [3.05, 3.63) is 0 Å². The van der Waals surface area contributed by atoms with Gasteiger partial charge in [0.25, 0.3) is 0 Å². The van der Waals surface area contributed by atoms with E-state index in [0.717, 1.165) is 40.0 Å². The van der Waals surface area contributed by atoms with Crippen molar-refractivity contribution < 1.29 is 38.1 Å². The summed E-state index contributed by atoms with van der Waals surface area (Å²) in [7, 11) is 1.17. The molecule has 0 saturated heterocycles. The Morgan fingerprint density at radius 2 is 0.912 bits per heavy atom. The summed E-state index contributed by atoms with van der Waals surface area (Å²) in [5, 5.41) is 0. The molecule has 0 saturated carbocycles. The predicted octanol–water partition coefficient (Wildman–Crippen LogP) is 5.99. The van der Waals surface area contributed by atoms with Gasteiger partial charge in [0.05, 0.1) is 7.11 Å². The molecular weight excluding hydrogens is 440 g/mol. The van der Waals surface area contributed by atoms with E-state index in [2.05, 4.69) is 6.92 Å². The zero-order chi connectivity index (χ0) is 25.8. The lowest BCUT2D eigenvalue weighted by Gasteiger charge is -2.35. The van der Waals surface area contributed by atoms with Crippen LogP contribution in [-0.2, 0) is 38.1 Å². The lowest BCUT2D eigenvalue weighted by atomic mass is 9.97. The van der Waals surface area contributed by atoms with E-state index in [0.29, 0.717) is 6.42 Å². The number of rotatable bonds is 20. The smallest absolute Gasteiger partial charge is 0.437 e. The van der Waals surface area contributed by atoms with Crippen LogP contribution in [0.4, 0.5) is 0 Å². The number of carbonyl (C=O) groups excluding carboxylic acids is 4. The van der Waals surface area contributed by atoms with Crippen LogP contribution in [-0.4, -0.2) is 37.0 Å². The van der Waals surface area contributed by atoms with Crippen LogP contribution in [0.5, 0.6) is 0 Å². The fourth-order valence-corrected chi connectivity index (χ4v) is 4.00. The highest BCUT2D eigenvalue weighted by molar-refractivity contribution is 5.77. The molecule has 0 rings (SSSR count). The SMILES string of the molecule is CCCCCCCCCCCCCCCCC(C(=O)OC)C(OC(C)=O)(OC(C)=O)OC(C)=O. The van der Waals surface area contributed by atoms with Crippen LogP contribution >= 0.6 is 0 Å². The zero-order valence-corrected chi connectivity index (χ0v) is 21.9. The van der Waals surface area contributed by atoms with E-state index >= 15 is 0 Å². The first kappa shape index (κ1) is 31.9. The number of hydrogen-bond acceptors (Lipinski definition) is 8. The van der Waals surface area contributed by atoms with E-state index < -0.39 is 35.8 Å². The van der Waals surface area contributed by atoms with Gasteiger partial charge in [-0.3, -0.25) is 19.2 Å². The second kappa shape index (κ2) is 19.2. The van der Waals surface area contributed by atoms with Gasteiger partial charge in [-0.05, 0) is 6.42 Å². The topological polar surface area (TPSA) is 105 Å². The van der Waals surface area contributed by atoms with Crippen molar-refractivity contribution in [3.8, 4) is 0 Å². The lowest BCUT2D eigenvalue weighted by Crippen LogP contribution is -2.52. The molecule has 0 bridgehead atoms. The molecule has 198 valence electrons. The summed E-state index contributed by atoms with van der Waals surface area (Å²) >= 11 is 0. The molecule has 34 heavy (non-hydrogen) atoms. The zero-order valence-electron chi connectivity index (χ0n) is 21.9. The van der Waals surface area contributed by atoms with Gasteiger partial charge in [0, 0.05) is 20.8 Å². The van der Waals surface area contributed by atoms with Gasteiger partial charge in [0.15, 0.2) is 5.92 Å². The maximum absolute atomic E-state index is 12.5. The van der Waals surface area contributed by atoms with Gasteiger partial charge in [-0.1, -0.05) is 96.8 Å². The van der Waals surface area contributed by atoms with Crippen LogP contribution in [0.1, 0.15) is 124 Å². The molecule has 0 aromatic carbocycles. The largest absolute Gasteiger partial charge is 0.468 e. The van der Waals surface area contributed by atoms with Crippen LogP contribution in [0.15, 0.2) is 0 Å². The van der Waals surface area contributed by atoms with Gasteiger partial charge < -0.3 is 18.9 Å². The molecule has 0 aromatic heterocycles. The van der Waals surface area contributed by atoms with Gasteiger partial charge in [-0.25, -0.2) is 0 Å². The Kier molecular flexibility index (Phi) is 18.0. The normalized spacial score (nSPS) is 12.0. The molecule has 0 fully saturated rings. The first-order chi connectivity index (χ1) is 16.2. The molecule has 0 aliphatic rings. The van der Waals surface area contributed by atoms with Crippen LogP contribution in [0.2, 0.25) is 0 Å². The second-order valence-corrected chi connectivity index (χ2v) is 8.85. The minimum atomic E-state index is -2.48. The van der Waals surface area contributed by atoms with Crippen molar-refractivity contribution in [2.24, 2.45) is 5.92 Å². The summed E-state index contributed by atoms with van der Waals surface area (Å²) in [4.78, 5) is 47.5. The molecule has 1 atom stereocenters. The first-order valence-electron chi connectivity index (χ1n) is 12.8. The molecular formula is C26H46O8. The van der Waals surface area contributed by atoms with Gasteiger partial charge in [-0.2, -0.15) is 0 Å². The monoisotopic (exact) mass is 486 g/mol. The first-order valence-corrected chi connectivity index (χ1v) is 12.8. The van der Waals surface area contributed by atoms with E-state index in [1.807, 2.05) is 0 Å². The molecule has 8 nitrogen and oxygen atoms in total. The maximum Gasteiger partial charge on any atom is 0.437 e. The number of carbonyl (C=O) groups is 4. The summed E-state index contributed by atoms with van der Waals surface area (Å²) < 4.78 is 20.1. The van der Waals surface area contributed by atoms with E-state index in [9.17, 15) is 19.2 Å². The molecule has 0 aliphatic heterocycles. The summed E-state index contributed by atoms with van der Waals surface area (Å²) in [5.41, 5.74) is 0. The minimum absolute atomic E-state index is 0.165. The third-order valence-electron chi connectivity index (χ3n) is 5.62. The lowest BCUT2D eigenvalue weighted by molar-refractivity contribution is -0.348. The number of methoxy groups -OCH3 is 1. The van der Waals surface area contributed by atoms with Crippen LogP contribution in [0, 0.1) is 5.92 Å². The van der Waals surface area contributed by atoms with Crippen molar-refractivity contribution in [2.45, 2.75) is 130 Å². The molecule has 1 unspecified atom stereocenters. The third-order valence-corrected chi connectivity index (χ3v) is 5.62. The molecule has 0 radical (unpaired) electrons. The molecule has 0 amide bonds. The average Bonchev–Trinajstić information content (AvgIpc) is 2.74. The van der Waals surface area contributed by atoms with Crippen LogP contribution in [0.25, 0.3) is 0 Å². The molecule has 0 heterocycles. The number of unbranched alkanes of at least 4 members (excludes halogenated alkanes) is 13. The average molecular weight is 487 g/mol. The fraction of sp³-hybridized carbons (Fsp3) is 0.846. The third kappa shape index (κ3) is 14.9. The second-order valence-electron chi connectivity index (χ2n) is 8.85. The Bertz CT molecular complexity index is 561. The Balaban J connectivity index is 4.55. The molecule has 0 spiro atoms. The Labute approximate surface area is 205 Å². The Hall–Kier alpha value is -2.12. The molecule has 0 N–H and O–H groups in total. The predicted molar refractivity (Wildman–Crippen MR) is 128 cm³/mol. The summed E-state index contributed by atoms with van der Waals surface area (Å²) in [5.74, 6) is -7.15. The Morgan fingerprint density at radius 1 is 0.588 bits per heavy atom. The standard InChI is InChI=1S/C26H46O8/c1-6-7-8-9-10-11-12-13-14-15-16-17-18-19-20-24(25(30)31-5)26(32-21(2)27,33-22(3)28)34-23(4)29/h24H,6-20H2,1-5H3. The quantitative estimate of drug-likeness (QED) is 0.117. The van der Waals surface area contributed by atoms with E-state index in [1.54, 1.807) is 0 Å². The van der Waals surface area contributed by atoms with E-state index in [1.165, 1.54) is 71.3 Å². The van der Waals surface area contributed by atoms with Gasteiger partial charge >= 0.3 is 29.9 Å². The van der Waals surface area contributed by atoms with Crippen molar-refractivity contribution in [1.82, 2.24) is 0 Å². The summed E-state index contributed by atoms with van der Waals surface area (Å²) in [6.45, 7) is 5.45. The maximum atomic E-state index is 12.5. The van der Waals surface area contributed by atoms with Crippen LogP contribution < -0.4 is 0 Å². The number of hydrogen-bond donors (Lipinski definition) is 0. The van der Waals surface area contributed by atoms with Gasteiger partial charge in [0.2, 0.25) is 0 Å². The molecule has 0 aromatic rings. The van der Waals surface area contributed by atoms with Gasteiger partial charge in [-0.15, -0.1) is 0 Å². The van der Waals surface area contributed by atoms with E-state index in [-0.39, 0.29) is 6.42 Å².